The van der Waals surface area contributed by atoms with Gasteiger partial charge < -0.3 is 15.5 Å². The average molecular weight is 562 g/mol. The number of sulfonamides is 1. The van der Waals surface area contributed by atoms with E-state index in [2.05, 4.69) is 17.0 Å². The van der Waals surface area contributed by atoms with Crippen LogP contribution in [0.25, 0.3) is 0 Å². The van der Waals surface area contributed by atoms with E-state index in [9.17, 15) is 23.4 Å². The second-order valence-corrected chi connectivity index (χ2v) is 14.8. The molecule has 1 aromatic heterocycles. The number of carbonyl (C=O) groups is 1. The number of nitrogens with zero attached hydrogens (tertiary/aromatic N) is 1. The zero-order chi connectivity index (χ0) is 27.3. The summed E-state index contributed by atoms with van der Waals surface area (Å²) in [4.78, 5) is 19.2. The maximum Gasteiger partial charge on any atom is 0.263 e. The second-order valence-electron chi connectivity index (χ2n) is 12.0. The van der Waals surface area contributed by atoms with Crippen molar-refractivity contribution in [1.82, 2.24) is 10.3 Å². The Hall–Kier alpha value is -2.01. The van der Waals surface area contributed by atoms with E-state index in [1.54, 1.807) is 24.3 Å². The Morgan fingerprint density at radius 3 is 2.50 bits per heavy atom. The Balaban J connectivity index is 1.50. The lowest BCUT2D eigenvalue weighted by atomic mass is 9.47. The second kappa shape index (κ2) is 10.2. The molecule has 1 aromatic carbocycles. The minimum atomic E-state index is -3.82. The zero-order valence-electron chi connectivity index (χ0n) is 22.4. The van der Waals surface area contributed by atoms with Crippen LogP contribution in [0.4, 0.5) is 5.13 Å². The molecular weight excluding hydrogens is 522 g/mol. The smallest absolute Gasteiger partial charge is 0.263 e. The number of hydrogen-bond donors (Lipinski definition) is 4. The molecule has 5 rings (SSSR count). The van der Waals surface area contributed by atoms with E-state index in [0.29, 0.717) is 19.3 Å². The molecule has 0 unspecified atom stereocenters. The van der Waals surface area contributed by atoms with Gasteiger partial charge in [0, 0.05) is 28.7 Å². The normalized spacial score (nSPS) is 31.4. The molecule has 10 heteroatoms. The van der Waals surface area contributed by atoms with Crippen LogP contribution in [0.2, 0.25) is 0 Å². The molecule has 0 spiro atoms. The van der Waals surface area contributed by atoms with Crippen LogP contribution in [0.1, 0.15) is 80.8 Å². The number of carbonyl (C=O) groups excluding carboxylic acids is 1. The van der Waals surface area contributed by atoms with Crippen LogP contribution < -0.4 is 10.0 Å². The molecule has 38 heavy (non-hydrogen) atoms. The number of rotatable bonds is 7. The summed E-state index contributed by atoms with van der Waals surface area (Å²) in [6, 6.07) is 6.87. The number of aryl methyl sites for hydroxylation is 1. The van der Waals surface area contributed by atoms with Crippen molar-refractivity contribution < 1.29 is 23.4 Å². The van der Waals surface area contributed by atoms with Gasteiger partial charge in [0.25, 0.3) is 10.0 Å². The standard InChI is InChI=1S/C28H39N3O5S2/c1-17-8-10-19(11-9-17)38(35,36)31-26-30-25-20(14-24(34)29-18-6-4-5-7-18)27(2)13-12-23(33)28(3,16-32)22(27)15-21(25)37-26/h8-11,18,20,22-23,32-33H,4-7,12-16H2,1-3H3,(H,29,34)(H,30,31)/t20-,22+,23-,27+,28+/m1/s1. The van der Waals surface area contributed by atoms with Crippen molar-refractivity contribution >= 4 is 32.4 Å². The largest absolute Gasteiger partial charge is 0.396 e. The summed E-state index contributed by atoms with van der Waals surface area (Å²) in [6.45, 7) is 5.83. The third-order valence-corrected chi connectivity index (χ3v) is 12.0. The predicted molar refractivity (Wildman–Crippen MR) is 148 cm³/mol. The number of amides is 1. The maximum atomic E-state index is 13.3. The Morgan fingerprint density at radius 2 is 1.84 bits per heavy atom. The van der Waals surface area contributed by atoms with Crippen molar-refractivity contribution in [2.75, 3.05) is 11.3 Å². The number of benzene rings is 1. The number of aliphatic hydroxyl groups excluding tert-OH is 2. The third kappa shape index (κ3) is 4.89. The topological polar surface area (TPSA) is 129 Å². The number of anilines is 1. The highest BCUT2D eigenvalue weighted by molar-refractivity contribution is 7.93. The first-order valence-electron chi connectivity index (χ1n) is 13.6. The molecule has 1 heterocycles. The number of aromatic nitrogens is 1. The minimum absolute atomic E-state index is 0.0127. The molecule has 2 saturated carbocycles. The lowest BCUT2D eigenvalue weighted by molar-refractivity contribution is -0.144. The lowest BCUT2D eigenvalue weighted by Crippen LogP contribution is -2.57. The fourth-order valence-electron chi connectivity index (χ4n) is 7.12. The van der Waals surface area contributed by atoms with Gasteiger partial charge in [0.2, 0.25) is 5.91 Å². The van der Waals surface area contributed by atoms with Crippen molar-refractivity contribution in [1.29, 1.82) is 0 Å². The van der Waals surface area contributed by atoms with Gasteiger partial charge in [-0.2, -0.15) is 0 Å². The molecule has 4 N–H and O–H groups in total. The van der Waals surface area contributed by atoms with Gasteiger partial charge >= 0.3 is 0 Å². The van der Waals surface area contributed by atoms with Crippen LogP contribution >= 0.6 is 11.3 Å². The van der Waals surface area contributed by atoms with E-state index >= 15 is 0 Å². The van der Waals surface area contributed by atoms with Crippen molar-refractivity contribution in [2.24, 2.45) is 16.7 Å². The van der Waals surface area contributed by atoms with E-state index in [0.717, 1.165) is 41.8 Å². The van der Waals surface area contributed by atoms with Crippen molar-refractivity contribution in [3.63, 3.8) is 0 Å². The first-order valence-corrected chi connectivity index (χ1v) is 15.9. The molecule has 5 atom stereocenters. The summed E-state index contributed by atoms with van der Waals surface area (Å²) < 4.78 is 28.9. The molecule has 0 bridgehead atoms. The van der Waals surface area contributed by atoms with Crippen LogP contribution in [-0.2, 0) is 21.2 Å². The predicted octanol–water partition coefficient (Wildman–Crippen LogP) is 4.12. The Labute approximate surface area is 229 Å². The molecule has 2 aromatic rings. The Kier molecular flexibility index (Phi) is 7.39. The van der Waals surface area contributed by atoms with Crippen LogP contribution in [0.5, 0.6) is 0 Å². The van der Waals surface area contributed by atoms with E-state index in [1.165, 1.54) is 11.3 Å². The number of fused-ring (bicyclic) bond motifs is 2. The summed E-state index contributed by atoms with van der Waals surface area (Å²) in [5.41, 5.74) is 0.639. The van der Waals surface area contributed by atoms with Crippen molar-refractivity contribution in [3.8, 4) is 0 Å². The first-order chi connectivity index (χ1) is 18.0. The van der Waals surface area contributed by atoms with Crippen molar-refractivity contribution in [3.05, 3.63) is 40.4 Å². The van der Waals surface area contributed by atoms with E-state index in [1.807, 2.05) is 13.8 Å². The number of thiazole rings is 1. The van der Waals surface area contributed by atoms with Crippen LogP contribution in [0.3, 0.4) is 0 Å². The van der Waals surface area contributed by atoms with Gasteiger partial charge in [-0.3, -0.25) is 9.52 Å². The molecule has 208 valence electrons. The molecule has 3 aliphatic rings. The van der Waals surface area contributed by atoms with E-state index < -0.39 is 21.5 Å². The molecule has 2 fully saturated rings. The molecule has 8 nitrogen and oxygen atoms in total. The SMILES string of the molecule is Cc1ccc(S(=O)(=O)Nc2nc3c(s2)C[C@@H]2[C@](C)(CO)[C@H](O)CC[C@@]2(C)[C@@H]3CC(=O)NC2CCCC2)cc1. The summed E-state index contributed by atoms with van der Waals surface area (Å²) in [7, 11) is -3.82. The zero-order valence-corrected chi connectivity index (χ0v) is 24.0. The quantitative estimate of drug-likeness (QED) is 0.403. The third-order valence-electron chi connectivity index (χ3n) is 9.56. The molecule has 3 aliphatic carbocycles. The highest BCUT2D eigenvalue weighted by atomic mass is 32.2. The highest BCUT2D eigenvalue weighted by Crippen LogP contribution is 2.62. The van der Waals surface area contributed by atoms with Gasteiger partial charge in [-0.25, -0.2) is 13.4 Å². The summed E-state index contributed by atoms with van der Waals surface area (Å²) in [5.74, 6) is -0.339. The van der Waals surface area contributed by atoms with Gasteiger partial charge in [0.05, 0.1) is 23.3 Å². The average Bonchev–Trinajstić information content (AvgIpc) is 3.52. The number of aliphatic hydroxyl groups is 2. The van der Waals surface area contributed by atoms with Crippen LogP contribution in [0.15, 0.2) is 29.2 Å². The summed E-state index contributed by atoms with van der Waals surface area (Å²) in [6.07, 6.45) is 5.67. The van der Waals surface area contributed by atoms with Gasteiger partial charge in [-0.1, -0.05) is 44.4 Å². The maximum absolute atomic E-state index is 13.3. The van der Waals surface area contributed by atoms with Crippen LogP contribution in [0, 0.1) is 23.7 Å². The van der Waals surface area contributed by atoms with Gasteiger partial charge in [0.15, 0.2) is 5.13 Å². The molecule has 0 aliphatic heterocycles. The summed E-state index contributed by atoms with van der Waals surface area (Å²) >= 11 is 1.29. The lowest BCUT2D eigenvalue weighted by Gasteiger charge is -2.58. The van der Waals surface area contributed by atoms with Crippen molar-refractivity contribution in [2.45, 2.75) is 95.1 Å². The van der Waals surface area contributed by atoms with Gasteiger partial charge in [-0.15, -0.1) is 11.3 Å². The summed E-state index contributed by atoms with van der Waals surface area (Å²) in [5, 5.41) is 24.9. The van der Waals surface area contributed by atoms with E-state index in [-0.39, 0.29) is 52.3 Å². The Morgan fingerprint density at radius 1 is 1.16 bits per heavy atom. The minimum Gasteiger partial charge on any atom is -0.396 e. The van der Waals surface area contributed by atoms with E-state index in [4.69, 9.17) is 4.98 Å². The monoisotopic (exact) mass is 561 g/mol. The molecule has 1 amide bonds. The van der Waals surface area contributed by atoms with Gasteiger partial charge in [-0.05, 0) is 62.5 Å². The molecule has 0 saturated heterocycles. The fraction of sp³-hybridized carbons (Fsp3) is 0.643. The number of nitrogens with one attached hydrogen (secondary N) is 2. The molecule has 0 radical (unpaired) electrons. The first kappa shape index (κ1) is 27.6. The Bertz CT molecular complexity index is 1290. The van der Waals surface area contributed by atoms with Gasteiger partial charge in [0.1, 0.15) is 0 Å². The number of hydrogen-bond acceptors (Lipinski definition) is 7. The van der Waals surface area contributed by atoms with Crippen LogP contribution in [-0.4, -0.2) is 48.3 Å². The molecular formula is C28H39N3O5S2. The fourth-order valence-corrected chi connectivity index (χ4v) is 9.43. The highest BCUT2D eigenvalue weighted by Gasteiger charge is 2.59.